The summed E-state index contributed by atoms with van der Waals surface area (Å²) in [5, 5.41) is 12.4. The highest BCUT2D eigenvalue weighted by Gasteiger charge is 2.30. The van der Waals surface area contributed by atoms with Crippen molar-refractivity contribution in [1.82, 2.24) is 5.32 Å². The van der Waals surface area contributed by atoms with Crippen LogP contribution in [0.3, 0.4) is 0 Å². The van der Waals surface area contributed by atoms with Gasteiger partial charge in [0, 0.05) is 0 Å². The summed E-state index contributed by atoms with van der Waals surface area (Å²) in [6.07, 6.45) is 1.33. The predicted molar refractivity (Wildman–Crippen MR) is 62.4 cm³/mol. The molecule has 1 fully saturated rings. The van der Waals surface area contributed by atoms with Gasteiger partial charge in [-0.1, -0.05) is 12.1 Å². The minimum atomic E-state index is -0.789. The zero-order chi connectivity index (χ0) is 12.3. The van der Waals surface area contributed by atoms with Gasteiger partial charge in [-0.05, 0) is 49.5 Å². The summed E-state index contributed by atoms with van der Waals surface area (Å²) in [7, 11) is 0. The lowest BCUT2D eigenvalue weighted by Gasteiger charge is -2.21. The molecular weight excluding hydrogens is 221 g/mol. The third-order valence-corrected chi connectivity index (χ3v) is 3.34. The van der Waals surface area contributed by atoms with Gasteiger partial charge in [0.25, 0.3) is 0 Å². The number of hydrogen-bond acceptors (Lipinski definition) is 2. The van der Waals surface area contributed by atoms with E-state index in [2.05, 4.69) is 5.32 Å². The molecule has 0 aromatic heterocycles. The first-order valence-electron chi connectivity index (χ1n) is 5.87. The largest absolute Gasteiger partial charge is 0.481 e. The van der Waals surface area contributed by atoms with E-state index in [-0.39, 0.29) is 11.7 Å². The molecule has 2 atom stereocenters. The van der Waals surface area contributed by atoms with Crippen molar-refractivity contribution in [3.05, 3.63) is 35.6 Å². The Morgan fingerprint density at radius 1 is 1.35 bits per heavy atom. The number of carboxylic acid groups (broad SMARTS) is 1. The second kappa shape index (κ2) is 5.27. The number of nitrogens with one attached hydrogen (secondary N) is 1. The monoisotopic (exact) mass is 237 g/mol. The van der Waals surface area contributed by atoms with E-state index in [1.807, 2.05) is 6.07 Å². The van der Waals surface area contributed by atoms with Gasteiger partial charge >= 0.3 is 5.97 Å². The quantitative estimate of drug-likeness (QED) is 0.827. The molecule has 1 heterocycles. The minimum absolute atomic E-state index is 0.0989. The van der Waals surface area contributed by atoms with Crippen LogP contribution in [0.15, 0.2) is 24.3 Å². The number of rotatable bonds is 2. The molecule has 3 nitrogen and oxygen atoms in total. The van der Waals surface area contributed by atoms with E-state index >= 15 is 0 Å². The van der Waals surface area contributed by atoms with Gasteiger partial charge in [-0.3, -0.25) is 4.79 Å². The highest BCUT2D eigenvalue weighted by atomic mass is 19.1. The molecule has 2 rings (SSSR count). The standard InChI is InChI=1S/C13H16FNO2/c14-10-3-1-2-9(8-10)11-4-6-15-7-5-12(11)13(16)17/h1-3,8,11-12,15H,4-7H2,(H,16,17). The molecule has 1 saturated heterocycles. The summed E-state index contributed by atoms with van der Waals surface area (Å²) < 4.78 is 13.2. The van der Waals surface area contributed by atoms with Crippen molar-refractivity contribution in [3.63, 3.8) is 0 Å². The van der Waals surface area contributed by atoms with Crippen LogP contribution in [0.5, 0.6) is 0 Å². The first kappa shape index (κ1) is 12.0. The SMILES string of the molecule is O=C(O)C1CCNCCC1c1cccc(F)c1. The van der Waals surface area contributed by atoms with Crippen molar-refractivity contribution >= 4 is 5.97 Å². The third-order valence-electron chi connectivity index (χ3n) is 3.34. The van der Waals surface area contributed by atoms with Crippen LogP contribution in [-0.4, -0.2) is 24.2 Å². The van der Waals surface area contributed by atoms with Crippen LogP contribution in [0.1, 0.15) is 24.3 Å². The summed E-state index contributed by atoms with van der Waals surface area (Å²) in [5.74, 6) is -1.61. The predicted octanol–water partition coefficient (Wildman–Crippen LogP) is 1.99. The molecule has 0 bridgehead atoms. The number of carboxylic acids is 1. The molecular formula is C13H16FNO2. The van der Waals surface area contributed by atoms with Gasteiger partial charge in [0.05, 0.1) is 5.92 Å². The summed E-state index contributed by atoms with van der Waals surface area (Å²) in [5.41, 5.74) is 0.793. The van der Waals surface area contributed by atoms with Crippen LogP contribution in [-0.2, 0) is 4.79 Å². The molecule has 0 amide bonds. The van der Waals surface area contributed by atoms with Gasteiger partial charge in [-0.15, -0.1) is 0 Å². The Labute approximate surface area is 99.7 Å². The van der Waals surface area contributed by atoms with Crippen molar-refractivity contribution in [2.45, 2.75) is 18.8 Å². The second-order valence-corrected chi connectivity index (χ2v) is 4.43. The molecule has 1 aromatic carbocycles. The van der Waals surface area contributed by atoms with E-state index in [0.29, 0.717) is 13.0 Å². The summed E-state index contributed by atoms with van der Waals surface area (Å²) in [6.45, 7) is 1.49. The molecule has 4 heteroatoms. The van der Waals surface area contributed by atoms with E-state index < -0.39 is 11.9 Å². The molecule has 17 heavy (non-hydrogen) atoms. The van der Waals surface area contributed by atoms with Crippen LogP contribution in [0, 0.1) is 11.7 Å². The Kier molecular flexibility index (Phi) is 3.74. The summed E-state index contributed by atoms with van der Waals surface area (Å²) >= 11 is 0. The van der Waals surface area contributed by atoms with E-state index in [4.69, 9.17) is 0 Å². The molecule has 92 valence electrons. The fourth-order valence-corrected chi connectivity index (χ4v) is 2.47. The number of benzene rings is 1. The van der Waals surface area contributed by atoms with Crippen LogP contribution in [0.4, 0.5) is 4.39 Å². The Morgan fingerprint density at radius 3 is 2.82 bits per heavy atom. The molecule has 2 N–H and O–H groups in total. The molecule has 1 aromatic rings. The van der Waals surface area contributed by atoms with E-state index in [0.717, 1.165) is 18.5 Å². The molecule has 1 aliphatic heterocycles. The van der Waals surface area contributed by atoms with E-state index in [1.165, 1.54) is 12.1 Å². The lowest BCUT2D eigenvalue weighted by molar-refractivity contribution is -0.142. The van der Waals surface area contributed by atoms with Crippen molar-refractivity contribution in [3.8, 4) is 0 Å². The fourth-order valence-electron chi connectivity index (χ4n) is 2.47. The minimum Gasteiger partial charge on any atom is -0.481 e. The molecule has 0 saturated carbocycles. The lowest BCUT2D eigenvalue weighted by Crippen LogP contribution is -2.22. The summed E-state index contributed by atoms with van der Waals surface area (Å²) in [6, 6.07) is 6.29. The molecule has 2 unspecified atom stereocenters. The molecule has 0 aliphatic carbocycles. The van der Waals surface area contributed by atoms with Crippen molar-refractivity contribution in [2.75, 3.05) is 13.1 Å². The average molecular weight is 237 g/mol. The second-order valence-electron chi connectivity index (χ2n) is 4.43. The van der Waals surface area contributed by atoms with Gasteiger partial charge in [0.2, 0.25) is 0 Å². The van der Waals surface area contributed by atoms with Crippen molar-refractivity contribution in [1.29, 1.82) is 0 Å². The normalized spacial score (nSPS) is 25.2. The number of hydrogen-bond donors (Lipinski definition) is 2. The number of halogens is 1. The Bertz CT molecular complexity index is 408. The van der Waals surface area contributed by atoms with Crippen LogP contribution >= 0.6 is 0 Å². The maximum absolute atomic E-state index is 13.2. The lowest BCUT2D eigenvalue weighted by atomic mass is 9.82. The smallest absolute Gasteiger partial charge is 0.307 e. The maximum atomic E-state index is 13.2. The van der Waals surface area contributed by atoms with Gasteiger partial charge < -0.3 is 10.4 Å². The third kappa shape index (κ3) is 2.82. The van der Waals surface area contributed by atoms with E-state index in [1.54, 1.807) is 6.07 Å². The van der Waals surface area contributed by atoms with Gasteiger partial charge in [0.15, 0.2) is 0 Å². The number of aliphatic carboxylic acids is 1. The van der Waals surface area contributed by atoms with Crippen LogP contribution < -0.4 is 5.32 Å². The maximum Gasteiger partial charge on any atom is 0.307 e. The highest BCUT2D eigenvalue weighted by molar-refractivity contribution is 5.71. The molecule has 0 spiro atoms. The molecule has 0 radical (unpaired) electrons. The number of carbonyl (C=O) groups is 1. The first-order chi connectivity index (χ1) is 8.18. The van der Waals surface area contributed by atoms with Gasteiger partial charge in [-0.2, -0.15) is 0 Å². The Balaban J connectivity index is 2.28. The van der Waals surface area contributed by atoms with Crippen molar-refractivity contribution in [2.24, 2.45) is 5.92 Å². The zero-order valence-corrected chi connectivity index (χ0v) is 9.53. The first-order valence-corrected chi connectivity index (χ1v) is 5.87. The zero-order valence-electron chi connectivity index (χ0n) is 9.53. The Hall–Kier alpha value is -1.42. The fraction of sp³-hybridized carbons (Fsp3) is 0.462. The van der Waals surface area contributed by atoms with Gasteiger partial charge in [-0.25, -0.2) is 4.39 Å². The van der Waals surface area contributed by atoms with Crippen LogP contribution in [0.2, 0.25) is 0 Å². The Morgan fingerprint density at radius 2 is 2.12 bits per heavy atom. The van der Waals surface area contributed by atoms with Gasteiger partial charge in [0.1, 0.15) is 5.82 Å². The van der Waals surface area contributed by atoms with Crippen molar-refractivity contribution < 1.29 is 14.3 Å². The topological polar surface area (TPSA) is 49.3 Å². The molecule has 1 aliphatic rings. The van der Waals surface area contributed by atoms with Crippen LogP contribution in [0.25, 0.3) is 0 Å². The summed E-state index contributed by atoms with van der Waals surface area (Å²) in [4.78, 5) is 11.3. The van der Waals surface area contributed by atoms with E-state index in [9.17, 15) is 14.3 Å². The highest BCUT2D eigenvalue weighted by Crippen LogP contribution is 2.32. The average Bonchev–Trinajstić information content (AvgIpc) is 2.54.